The summed E-state index contributed by atoms with van der Waals surface area (Å²) in [5.41, 5.74) is 1.62. The van der Waals surface area contributed by atoms with Crippen molar-refractivity contribution in [3.8, 4) is 35.2 Å². The molecule has 5 fully saturated rings. The van der Waals surface area contributed by atoms with Crippen LogP contribution in [0.2, 0.25) is 0 Å². The predicted molar refractivity (Wildman–Crippen MR) is 185 cm³/mol. The lowest BCUT2D eigenvalue weighted by molar-refractivity contribution is 0.138. The summed E-state index contributed by atoms with van der Waals surface area (Å²) >= 11 is 0. The Morgan fingerprint density at radius 2 is 1.92 bits per heavy atom. The van der Waals surface area contributed by atoms with Crippen LogP contribution in [-0.2, 0) is 4.74 Å². The fraction of sp³-hybridized carbons (Fsp3) is 0.487. The van der Waals surface area contributed by atoms with Gasteiger partial charge in [0.05, 0.1) is 18.8 Å². The third-order valence-corrected chi connectivity index (χ3v) is 11.8. The number of likely N-dealkylation sites (tertiary alicyclic amines) is 1. The minimum Gasteiger partial charge on any atom is -0.508 e. The van der Waals surface area contributed by atoms with Gasteiger partial charge in [0, 0.05) is 72.0 Å². The van der Waals surface area contributed by atoms with Crippen molar-refractivity contribution in [2.24, 2.45) is 10.8 Å². The predicted octanol–water partition coefficient (Wildman–Crippen LogP) is 5.94. The van der Waals surface area contributed by atoms with E-state index in [9.17, 15) is 9.50 Å². The van der Waals surface area contributed by atoms with Gasteiger partial charge >= 0.3 is 6.01 Å². The molecule has 3 aromatic carbocycles. The number of benzene rings is 3. The van der Waals surface area contributed by atoms with Gasteiger partial charge in [-0.25, -0.2) is 8.78 Å². The molecule has 0 radical (unpaired) electrons. The molecule has 1 saturated carbocycles. The normalized spacial score (nSPS) is 25.9. The number of rotatable bonds is 7. The van der Waals surface area contributed by atoms with E-state index in [1.54, 1.807) is 6.07 Å². The Hall–Kier alpha value is -4.04. The first-order chi connectivity index (χ1) is 23.7. The molecule has 10 heteroatoms. The minimum atomic E-state index is -0.581. The Morgan fingerprint density at radius 1 is 1.10 bits per heavy atom. The molecule has 5 aliphatic rings. The van der Waals surface area contributed by atoms with E-state index in [0.29, 0.717) is 57.2 Å². The third kappa shape index (κ3) is 5.38. The summed E-state index contributed by atoms with van der Waals surface area (Å²) < 4.78 is 44.4. The summed E-state index contributed by atoms with van der Waals surface area (Å²) in [7, 11) is 0. The second-order valence-electron chi connectivity index (χ2n) is 15.4. The van der Waals surface area contributed by atoms with E-state index in [1.165, 1.54) is 24.6 Å². The number of aromatic nitrogens is 2. The molecule has 8 nitrogen and oxygen atoms in total. The molecule has 1 aliphatic carbocycles. The Morgan fingerprint density at radius 3 is 2.65 bits per heavy atom. The highest BCUT2D eigenvalue weighted by Crippen LogP contribution is 2.49. The summed E-state index contributed by atoms with van der Waals surface area (Å²) in [6, 6.07) is 8.53. The van der Waals surface area contributed by atoms with E-state index in [-0.39, 0.29) is 33.8 Å². The second kappa shape index (κ2) is 11.5. The fourth-order valence-electron chi connectivity index (χ4n) is 9.04. The average molecular weight is 666 g/mol. The van der Waals surface area contributed by atoms with Crippen LogP contribution in [0.5, 0.6) is 11.8 Å². The first-order valence-corrected chi connectivity index (χ1v) is 17.6. The maximum atomic E-state index is 17.2. The molecule has 4 aromatic rings. The van der Waals surface area contributed by atoms with Crippen molar-refractivity contribution < 1.29 is 23.4 Å². The van der Waals surface area contributed by atoms with Crippen LogP contribution in [0, 0.1) is 41.7 Å². The molecule has 3 atom stereocenters. The Labute approximate surface area is 284 Å². The van der Waals surface area contributed by atoms with Gasteiger partial charge in [-0.2, -0.15) is 9.97 Å². The number of aryl methyl sites for hydroxylation is 1. The number of aromatic hydroxyl groups is 1. The topological polar surface area (TPSA) is 83.0 Å². The number of anilines is 1. The molecule has 2 N–H and O–H groups in total. The first-order valence-electron chi connectivity index (χ1n) is 17.6. The molecular formula is C39H41F2N5O3. The van der Waals surface area contributed by atoms with Crippen molar-refractivity contribution in [3.63, 3.8) is 0 Å². The zero-order valence-electron chi connectivity index (χ0n) is 27.8. The quantitative estimate of drug-likeness (QED) is 0.235. The molecule has 2 bridgehead atoms. The van der Waals surface area contributed by atoms with Gasteiger partial charge in [-0.1, -0.05) is 12.0 Å². The summed E-state index contributed by atoms with van der Waals surface area (Å²) in [6.45, 7) is 8.63. The van der Waals surface area contributed by atoms with Gasteiger partial charge in [0.2, 0.25) is 0 Å². The maximum Gasteiger partial charge on any atom is 0.319 e. The third-order valence-electron chi connectivity index (χ3n) is 11.8. The molecule has 1 spiro atoms. The lowest BCUT2D eigenvalue weighted by atomic mass is 9.87. The average Bonchev–Trinajstić information content (AvgIpc) is 3.34. The number of nitrogens with zero attached hydrogens (tertiary/aromatic N) is 4. The zero-order valence-corrected chi connectivity index (χ0v) is 27.8. The standard InChI is InChI=1S/C39H41F2N5O3/c1-3-28-31(40)7-4-24-15-27(47)16-29(33(24)28)32-23(2)14-30-35(34(32)41)43-37(44-36(30)46-17-25-5-6-26(18-46)42-25)49-22-38(8-9-38)19-45-12-10-39(20-45)11-13-48-21-39/h1,4,7,14-16,25-26,42,47H,5-6,8-13,17-22H2,2H3. The SMILES string of the molecule is C#Cc1c(F)ccc2cc(O)cc(-c3c(C)cc4c(N5CC6CCC(C5)N6)nc(OCC5(CN6CCC7(CCOC7)C6)CC5)nc4c3F)c12. The number of piperazine rings is 1. The molecule has 49 heavy (non-hydrogen) atoms. The van der Waals surface area contributed by atoms with Crippen molar-refractivity contribution in [1.82, 2.24) is 20.2 Å². The highest BCUT2D eigenvalue weighted by Gasteiger charge is 2.49. The van der Waals surface area contributed by atoms with Crippen molar-refractivity contribution in [1.29, 1.82) is 0 Å². The number of fused-ring (bicyclic) bond motifs is 4. The summed E-state index contributed by atoms with van der Waals surface area (Å²) in [4.78, 5) is 14.5. The van der Waals surface area contributed by atoms with Crippen LogP contribution in [0.25, 0.3) is 32.8 Å². The molecule has 9 rings (SSSR count). The Bertz CT molecular complexity index is 2020. The number of terminal acetylenes is 1. The molecule has 1 aromatic heterocycles. The van der Waals surface area contributed by atoms with E-state index < -0.39 is 11.6 Å². The number of phenols is 1. The molecule has 254 valence electrons. The highest BCUT2D eigenvalue weighted by atomic mass is 19.1. The van der Waals surface area contributed by atoms with Gasteiger partial charge < -0.3 is 29.7 Å². The molecular weight excluding hydrogens is 624 g/mol. The van der Waals surface area contributed by atoms with Crippen LogP contribution in [0.4, 0.5) is 14.6 Å². The number of hydrogen-bond donors (Lipinski definition) is 2. The lowest BCUT2D eigenvalue weighted by Gasteiger charge is -2.34. The zero-order chi connectivity index (χ0) is 33.5. The largest absolute Gasteiger partial charge is 0.508 e. The minimum absolute atomic E-state index is 0.0224. The summed E-state index contributed by atoms with van der Waals surface area (Å²) in [6.07, 6.45) is 12.4. The first kappa shape index (κ1) is 31.0. The number of ether oxygens (including phenoxy) is 2. The van der Waals surface area contributed by atoms with Crippen molar-refractivity contribution in [2.75, 3.05) is 57.4 Å². The van der Waals surface area contributed by atoms with Crippen molar-refractivity contribution >= 4 is 27.5 Å². The molecule has 4 saturated heterocycles. The molecule has 5 heterocycles. The number of nitrogens with one attached hydrogen (secondary N) is 1. The van der Waals surface area contributed by atoms with E-state index in [4.69, 9.17) is 25.9 Å². The molecule has 4 aliphatic heterocycles. The van der Waals surface area contributed by atoms with Gasteiger partial charge in [-0.05, 0) is 92.8 Å². The number of phenolic OH excluding ortho intramolecular Hbond substituents is 1. The van der Waals surface area contributed by atoms with Crippen LogP contribution >= 0.6 is 0 Å². The molecule has 3 unspecified atom stereocenters. The van der Waals surface area contributed by atoms with E-state index in [0.717, 1.165) is 78.0 Å². The van der Waals surface area contributed by atoms with Crippen LogP contribution in [-0.4, -0.2) is 84.6 Å². The summed E-state index contributed by atoms with van der Waals surface area (Å²) in [5, 5.41) is 15.9. The van der Waals surface area contributed by atoms with E-state index >= 15 is 4.39 Å². The Balaban J connectivity index is 1.11. The highest BCUT2D eigenvalue weighted by molar-refractivity contribution is 6.05. The van der Waals surface area contributed by atoms with Crippen molar-refractivity contribution in [2.45, 2.75) is 57.5 Å². The van der Waals surface area contributed by atoms with Gasteiger partial charge in [0.25, 0.3) is 0 Å². The van der Waals surface area contributed by atoms with Gasteiger partial charge in [-0.15, -0.1) is 6.42 Å². The smallest absolute Gasteiger partial charge is 0.319 e. The van der Waals surface area contributed by atoms with Gasteiger partial charge in [0.1, 0.15) is 22.9 Å². The lowest BCUT2D eigenvalue weighted by Crippen LogP contribution is -2.51. The van der Waals surface area contributed by atoms with E-state index in [1.807, 2.05) is 13.0 Å². The molecule has 0 amide bonds. The maximum absolute atomic E-state index is 17.2. The Kier molecular flexibility index (Phi) is 7.28. The van der Waals surface area contributed by atoms with E-state index in [2.05, 4.69) is 21.0 Å². The van der Waals surface area contributed by atoms with Crippen molar-refractivity contribution in [3.05, 3.63) is 53.1 Å². The van der Waals surface area contributed by atoms with Gasteiger partial charge in [-0.3, -0.25) is 0 Å². The number of halogens is 2. The van der Waals surface area contributed by atoms with Crippen LogP contribution in [0.1, 0.15) is 49.7 Å². The summed E-state index contributed by atoms with van der Waals surface area (Å²) in [5.74, 6) is 1.88. The number of hydrogen-bond acceptors (Lipinski definition) is 8. The van der Waals surface area contributed by atoms with Gasteiger partial charge in [0.15, 0.2) is 5.82 Å². The fourth-order valence-corrected chi connectivity index (χ4v) is 9.04. The van der Waals surface area contributed by atoms with Crippen LogP contribution in [0.3, 0.4) is 0 Å². The van der Waals surface area contributed by atoms with Crippen LogP contribution < -0.4 is 15.0 Å². The monoisotopic (exact) mass is 665 g/mol. The van der Waals surface area contributed by atoms with Crippen LogP contribution in [0.15, 0.2) is 30.3 Å². The second-order valence-corrected chi connectivity index (χ2v) is 15.4.